The quantitative estimate of drug-likeness (QED) is 0.486. The molecule has 0 aromatic heterocycles. The van der Waals surface area contributed by atoms with E-state index in [1.807, 2.05) is 0 Å². The summed E-state index contributed by atoms with van der Waals surface area (Å²) in [6.07, 6.45) is 2.34. The molecule has 13 heavy (non-hydrogen) atoms. The molecule has 76 valence electrons. The van der Waals surface area contributed by atoms with E-state index in [4.69, 9.17) is 0 Å². The van der Waals surface area contributed by atoms with Crippen molar-refractivity contribution in [3.8, 4) is 0 Å². The SMILES string of the molecule is O=C1CCCCC[C@H]1C[B-](F)(F)F. The van der Waals surface area contributed by atoms with Gasteiger partial charge in [0, 0.05) is 6.42 Å². The molecule has 0 spiro atoms. The van der Waals surface area contributed by atoms with Crippen molar-refractivity contribution in [3.63, 3.8) is 0 Å². The van der Waals surface area contributed by atoms with E-state index in [-0.39, 0.29) is 5.78 Å². The van der Waals surface area contributed by atoms with E-state index >= 15 is 0 Å². The van der Waals surface area contributed by atoms with Gasteiger partial charge in [-0.3, -0.25) is 4.79 Å². The van der Waals surface area contributed by atoms with Crippen molar-refractivity contribution in [2.75, 3.05) is 0 Å². The fourth-order valence-electron chi connectivity index (χ4n) is 1.80. The number of ketones is 1. The molecule has 0 unspecified atom stereocenters. The maximum Gasteiger partial charge on any atom is 0.479 e. The van der Waals surface area contributed by atoms with Crippen LogP contribution in [-0.4, -0.2) is 12.8 Å². The van der Waals surface area contributed by atoms with Crippen LogP contribution < -0.4 is 0 Å². The van der Waals surface area contributed by atoms with E-state index < -0.39 is 19.2 Å². The molecule has 0 heterocycles. The Morgan fingerprint density at radius 3 is 2.54 bits per heavy atom. The van der Waals surface area contributed by atoms with Crippen molar-refractivity contribution in [3.05, 3.63) is 0 Å². The molecule has 0 amide bonds. The zero-order valence-corrected chi connectivity index (χ0v) is 7.44. The van der Waals surface area contributed by atoms with E-state index in [2.05, 4.69) is 0 Å². The monoisotopic (exact) mass is 193 g/mol. The molecular formula is C8H13BF3O-. The van der Waals surface area contributed by atoms with Crippen LogP contribution in [0, 0.1) is 5.92 Å². The summed E-state index contributed by atoms with van der Waals surface area (Å²) in [6.45, 7) is -4.79. The smallest absolute Gasteiger partial charge is 0.449 e. The fraction of sp³-hybridized carbons (Fsp3) is 0.875. The van der Waals surface area contributed by atoms with Crippen molar-refractivity contribution in [2.45, 2.75) is 38.4 Å². The van der Waals surface area contributed by atoms with Crippen LogP contribution in [-0.2, 0) is 4.79 Å². The second-order valence-electron chi connectivity index (χ2n) is 3.71. The first kappa shape index (κ1) is 10.6. The average molecular weight is 193 g/mol. The lowest BCUT2D eigenvalue weighted by atomic mass is 9.75. The van der Waals surface area contributed by atoms with Crippen molar-refractivity contribution in [1.82, 2.24) is 0 Å². The van der Waals surface area contributed by atoms with Gasteiger partial charge in [0.2, 0.25) is 0 Å². The Morgan fingerprint density at radius 2 is 1.92 bits per heavy atom. The molecule has 0 aliphatic heterocycles. The minimum absolute atomic E-state index is 0.184. The van der Waals surface area contributed by atoms with Gasteiger partial charge in [-0.15, -0.1) is 0 Å². The lowest BCUT2D eigenvalue weighted by Crippen LogP contribution is -2.24. The molecular weight excluding hydrogens is 180 g/mol. The summed E-state index contributed by atoms with van der Waals surface area (Å²) in [4.78, 5) is 11.2. The number of carbonyl (C=O) groups excluding carboxylic acids is 1. The zero-order chi connectivity index (χ0) is 9.90. The van der Waals surface area contributed by atoms with Crippen LogP contribution in [0.3, 0.4) is 0 Å². The molecule has 0 aromatic carbocycles. The van der Waals surface area contributed by atoms with Crippen LogP contribution in [0.15, 0.2) is 0 Å². The highest BCUT2D eigenvalue weighted by Gasteiger charge is 2.31. The molecule has 0 bridgehead atoms. The molecule has 1 aliphatic rings. The van der Waals surface area contributed by atoms with Crippen molar-refractivity contribution >= 4 is 12.8 Å². The molecule has 5 heteroatoms. The number of halogens is 3. The summed E-state index contributed by atoms with van der Waals surface area (Å²) < 4.78 is 36.2. The molecule has 1 aliphatic carbocycles. The first-order valence-electron chi connectivity index (χ1n) is 4.73. The van der Waals surface area contributed by atoms with E-state index in [0.717, 1.165) is 19.3 Å². The molecule has 0 radical (unpaired) electrons. The topological polar surface area (TPSA) is 17.1 Å². The molecule has 0 aromatic rings. The highest BCUT2D eigenvalue weighted by molar-refractivity contribution is 6.58. The summed E-state index contributed by atoms with van der Waals surface area (Å²) in [7, 11) is 0. The van der Waals surface area contributed by atoms with Gasteiger partial charge in [0.05, 0.1) is 0 Å². The first-order chi connectivity index (χ1) is 5.99. The van der Waals surface area contributed by atoms with E-state index in [0.29, 0.717) is 12.8 Å². The van der Waals surface area contributed by atoms with Crippen LogP contribution in [0.1, 0.15) is 32.1 Å². The van der Waals surface area contributed by atoms with Crippen LogP contribution >= 0.6 is 0 Å². The average Bonchev–Trinajstić information content (AvgIpc) is 2.14. The molecule has 1 fully saturated rings. The fourth-order valence-corrected chi connectivity index (χ4v) is 1.80. The van der Waals surface area contributed by atoms with E-state index in [1.54, 1.807) is 0 Å². The van der Waals surface area contributed by atoms with Gasteiger partial charge in [0.15, 0.2) is 0 Å². The maximum absolute atomic E-state index is 12.1. The van der Waals surface area contributed by atoms with Crippen molar-refractivity contribution in [2.24, 2.45) is 5.92 Å². The van der Waals surface area contributed by atoms with Crippen molar-refractivity contribution in [1.29, 1.82) is 0 Å². The minimum Gasteiger partial charge on any atom is -0.449 e. The predicted octanol–water partition coefficient (Wildman–Crippen LogP) is 2.98. The highest BCUT2D eigenvalue weighted by atomic mass is 19.4. The Bertz CT molecular complexity index is 190. The number of carbonyl (C=O) groups is 1. The van der Waals surface area contributed by atoms with Gasteiger partial charge in [-0.2, -0.15) is 0 Å². The Labute approximate surface area is 75.8 Å². The predicted molar refractivity (Wildman–Crippen MR) is 45.5 cm³/mol. The zero-order valence-electron chi connectivity index (χ0n) is 7.44. The molecule has 1 nitrogen and oxygen atoms in total. The summed E-state index contributed by atoms with van der Waals surface area (Å²) in [5.41, 5.74) is 0. The van der Waals surface area contributed by atoms with Gasteiger partial charge in [0.1, 0.15) is 5.78 Å². The summed E-state index contributed by atoms with van der Waals surface area (Å²) in [6, 6.07) is 0. The summed E-state index contributed by atoms with van der Waals surface area (Å²) in [5.74, 6) is -0.917. The molecule has 1 saturated carbocycles. The third kappa shape index (κ3) is 3.83. The molecule has 1 atom stereocenters. The Balaban J connectivity index is 2.50. The Hall–Kier alpha value is -0.475. The first-order valence-corrected chi connectivity index (χ1v) is 4.73. The van der Waals surface area contributed by atoms with E-state index in [9.17, 15) is 17.7 Å². The number of hydrogen-bond acceptors (Lipinski definition) is 1. The third-order valence-corrected chi connectivity index (χ3v) is 2.48. The summed E-state index contributed by atoms with van der Waals surface area (Å²) in [5, 5.41) is 0. The second-order valence-corrected chi connectivity index (χ2v) is 3.71. The van der Waals surface area contributed by atoms with Crippen LogP contribution in [0.2, 0.25) is 6.32 Å². The normalized spacial score (nSPS) is 25.8. The van der Waals surface area contributed by atoms with Crippen molar-refractivity contribution < 1.29 is 17.7 Å². The van der Waals surface area contributed by atoms with Gasteiger partial charge in [-0.1, -0.05) is 19.2 Å². The van der Waals surface area contributed by atoms with Gasteiger partial charge in [-0.05, 0) is 18.8 Å². The largest absolute Gasteiger partial charge is 0.479 e. The van der Waals surface area contributed by atoms with Gasteiger partial charge in [-0.25, -0.2) is 0 Å². The number of hydrogen-bond donors (Lipinski definition) is 0. The Kier molecular flexibility index (Phi) is 3.39. The lowest BCUT2D eigenvalue weighted by Gasteiger charge is -2.20. The second kappa shape index (κ2) is 4.16. The third-order valence-electron chi connectivity index (χ3n) is 2.48. The van der Waals surface area contributed by atoms with E-state index in [1.165, 1.54) is 0 Å². The van der Waals surface area contributed by atoms with Crippen LogP contribution in [0.5, 0.6) is 0 Å². The van der Waals surface area contributed by atoms with Gasteiger partial charge >= 0.3 is 6.98 Å². The number of rotatable bonds is 2. The lowest BCUT2D eigenvalue weighted by molar-refractivity contribution is -0.122. The molecule has 1 rings (SSSR count). The van der Waals surface area contributed by atoms with Crippen LogP contribution in [0.4, 0.5) is 12.9 Å². The van der Waals surface area contributed by atoms with Gasteiger partial charge in [0.25, 0.3) is 0 Å². The molecule has 0 saturated heterocycles. The summed E-state index contributed by atoms with van der Waals surface area (Å²) >= 11 is 0. The van der Waals surface area contributed by atoms with Gasteiger partial charge < -0.3 is 12.9 Å². The number of Topliss-reactive ketones (excluding diaryl/α,β-unsaturated/α-hetero) is 1. The standard InChI is InChI=1S/C8H13BF3O/c10-9(11,12)6-7-4-2-1-3-5-8(7)13/h7H,1-6H2/q-1/t7-/m0/s1. The van der Waals surface area contributed by atoms with Crippen LogP contribution in [0.25, 0.3) is 0 Å². The highest BCUT2D eigenvalue weighted by Crippen LogP contribution is 2.29. The Morgan fingerprint density at radius 1 is 1.23 bits per heavy atom. The maximum atomic E-state index is 12.1. The molecule has 0 N–H and O–H groups in total. The minimum atomic E-state index is -4.79.